The molecule has 36 heavy (non-hydrogen) atoms. The quantitative estimate of drug-likeness (QED) is 0.308. The van der Waals surface area contributed by atoms with Crippen LogP contribution in [0.5, 0.6) is 5.75 Å². The third-order valence-electron chi connectivity index (χ3n) is 6.21. The molecule has 1 aliphatic heterocycles. The summed E-state index contributed by atoms with van der Waals surface area (Å²) in [4.78, 5) is 20.8. The van der Waals surface area contributed by atoms with E-state index in [1.54, 1.807) is 30.2 Å². The Balaban J connectivity index is 1.36. The minimum Gasteiger partial charge on any atom is -0.497 e. The number of carbonyl (C=O) groups excluding carboxylic acids is 1. The summed E-state index contributed by atoms with van der Waals surface area (Å²) in [6.07, 6.45) is 0.552. The van der Waals surface area contributed by atoms with Crippen LogP contribution in [0, 0.1) is 18.6 Å². The molecule has 2 heterocycles. The van der Waals surface area contributed by atoms with Gasteiger partial charge in [0.05, 0.1) is 28.4 Å². The molecular formula is C27H25F2N3O2S2. The molecule has 1 N–H and O–H groups in total. The number of aryl methyl sites for hydroxylation is 1. The van der Waals surface area contributed by atoms with Crippen molar-refractivity contribution in [2.24, 2.45) is 0 Å². The number of hydrogen-bond donors (Lipinski definition) is 1. The van der Waals surface area contributed by atoms with Crippen molar-refractivity contribution < 1.29 is 18.3 Å². The van der Waals surface area contributed by atoms with Crippen LogP contribution in [0.1, 0.15) is 17.0 Å². The normalized spacial score (nSPS) is 18.0. The van der Waals surface area contributed by atoms with E-state index in [4.69, 9.17) is 4.74 Å². The molecule has 5 nitrogen and oxygen atoms in total. The Morgan fingerprint density at radius 3 is 2.64 bits per heavy atom. The lowest BCUT2D eigenvalue weighted by molar-refractivity contribution is -0.120. The van der Waals surface area contributed by atoms with Crippen LogP contribution < -0.4 is 10.1 Å². The highest BCUT2D eigenvalue weighted by atomic mass is 32.2. The fourth-order valence-electron chi connectivity index (χ4n) is 4.47. The molecule has 9 heteroatoms. The van der Waals surface area contributed by atoms with E-state index >= 15 is 0 Å². The minimum atomic E-state index is -0.607. The first-order chi connectivity index (χ1) is 17.4. The smallest absolute Gasteiger partial charge is 0.241 e. The number of anilines is 1. The number of methoxy groups -OCH3 is 1. The van der Waals surface area contributed by atoms with Gasteiger partial charge < -0.3 is 10.1 Å². The van der Waals surface area contributed by atoms with Crippen LogP contribution in [0.3, 0.4) is 0 Å². The van der Waals surface area contributed by atoms with Crippen molar-refractivity contribution in [3.8, 4) is 5.75 Å². The van der Waals surface area contributed by atoms with Gasteiger partial charge >= 0.3 is 0 Å². The highest BCUT2D eigenvalue weighted by Gasteiger charge is 2.38. The second-order valence-electron chi connectivity index (χ2n) is 8.70. The minimum absolute atomic E-state index is 0.0145. The van der Waals surface area contributed by atoms with Crippen molar-refractivity contribution in [1.29, 1.82) is 0 Å². The summed E-state index contributed by atoms with van der Waals surface area (Å²) < 4.78 is 35.2. The maximum absolute atomic E-state index is 14.5. The predicted molar refractivity (Wildman–Crippen MR) is 141 cm³/mol. The van der Waals surface area contributed by atoms with Gasteiger partial charge in [-0.05, 0) is 67.9 Å². The van der Waals surface area contributed by atoms with Crippen LogP contribution in [0.4, 0.5) is 14.5 Å². The van der Waals surface area contributed by atoms with Crippen LogP contribution in [0.15, 0.2) is 65.6 Å². The van der Waals surface area contributed by atoms with E-state index in [2.05, 4.69) is 10.3 Å². The van der Waals surface area contributed by atoms with Crippen LogP contribution in [-0.4, -0.2) is 40.7 Å². The lowest BCUT2D eigenvalue weighted by atomic mass is 10.1. The standard InChI is InChI=1S/C27H25F2N3O2S2/c1-16-30-24-12-17(6-11-26(24)35-16)31-27(33)25-13-20(36-19-9-7-18(34-2)8-10-19)14-32(25)15-21-22(28)4-3-5-23(21)29/h3-12,20,25H,13-15H2,1-2H3,(H,31,33)/t20-,25+/m1/s1. The monoisotopic (exact) mass is 525 g/mol. The Kier molecular flexibility index (Phi) is 7.22. The van der Waals surface area contributed by atoms with Gasteiger partial charge in [-0.3, -0.25) is 9.69 Å². The van der Waals surface area contributed by atoms with E-state index in [0.29, 0.717) is 18.7 Å². The molecule has 0 radical (unpaired) electrons. The van der Waals surface area contributed by atoms with E-state index in [1.165, 1.54) is 18.2 Å². The number of nitrogens with one attached hydrogen (secondary N) is 1. The van der Waals surface area contributed by atoms with E-state index in [0.717, 1.165) is 25.9 Å². The molecule has 0 spiro atoms. The Hall–Kier alpha value is -3.01. The van der Waals surface area contributed by atoms with Gasteiger partial charge in [-0.25, -0.2) is 13.8 Å². The summed E-state index contributed by atoms with van der Waals surface area (Å²) >= 11 is 3.25. The van der Waals surface area contributed by atoms with E-state index in [-0.39, 0.29) is 23.3 Å². The maximum Gasteiger partial charge on any atom is 0.241 e. The van der Waals surface area contributed by atoms with Gasteiger partial charge in [-0.1, -0.05) is 6.07 Å². The average Bonchev–Trinajstić information content (AvgIpc) is 3.43. The predicted octanol–water partition coefficient (Wildman–Crippen LogP) is 6.27. The molecule has 1 aliphatic rings. The lowest BCUT2D eigenvalue weighted by Crippen LogP contribution is -2.39. The molecule has 186 valence electrons. The summed E-state index contributed by atoms with van der Waals surface area (Å²) in [5.74, 6) is -0.641. The maximum atomic E-state index is 14.5. The van der Waals surface area contributed by atoms with E-state index < -0.39 is 17.7 Å². The highest BCUT2D eigenvalue weighted by molar-refractivity contribution is 8.00. The number of ether oxygens (including phenoxy) is 1. The van der Waals surface area contributed by atoms with Crippen molar-refractivity contribution in [3.63, 3.8) is 0 Å². The van der Waals surface area contributed by atoms with Crippen molar-refractivity contribution in [2.45, 2.75) is 36.1 Å². The third-order valence-corrected chi connectivity index (χ3v) is 8.39. The highest BCUT2D eigenvalue weighted by Crippen LogP contribution is 2.35. The number of thiazole rings is 1. The summed E-state index contributed by atoms with van der Waals surface area (Å²) in [6.45, 7) is 2.48. The molecule has 1 amide bonds. The average molecular weight is 526 g/mol. The Labute approximate surface area is 216 Å². The van der Waals surface area contributed by atoms with Gasteiger partial charge in [-0.2, -0.15) is 0 Å². The number of halogens is 2. The van der Waals surface area contributed by atoms with Crippen LogP contribution in [-0.2, 0) is 11.3 Å². The Bertz CT molecular complexity index is 1370. The van der Waals surface area contributed by atoms with Crippen LogP contribution in [0.2, 0.25) is 0 Å². The number of carbonyl (C=O) groups is 1. The molecule has 0 saturated carbocycles. The first-order valence-corrected chi connectivity index (χ1v) is 13.2. The number of nitrogens with zero attached hydrogens (tertiary/aromatic N) is 2. The van der Waals surface area contributed by atoms with Crippen molar-refractivity contribution in [3.05, 3.63) is 82.9 Å². The van der Waals surface area contributed by atoms with Crippen LogP contribution >= 0.6 is 23.1 Å². The molecule has 4 aromatic rings. The second-order valence-corrected chi connectivity index (χ2v) is 11.3. The van der Waals surface area contributed by atoms with Gasteiger partial charge in [-0.15, -0.1) is 23.1 Å². The Morgan fingerprint density at radius 2 is 1.92 bits per heavy atom. The first-order valence-electron chi connectivity index (χ1n) is 11.6. The molecule has 0 unspecified atom stereocenters. The molecule has 1 fully saturated rings. The lowest BCUT2D eigenvalue weighted by Gasteiger charge is -2.24. The van der Waals surface area contributed by atoms with Crippen LogP contribution in [0.25, 0.3) is 10.2 Å². The number of aromatic nitrogens is 1. The molecule has 1 saturated heterocycles. The van der Waals surface area contributed by atoms with Gasteiger partial charge in [0, 0.05) is 34.5 Å². The largest absolute Gasteiger partial charge is 0.497 e. The van der Waals surface area contributed by atoms with Gasteiger partial charge in [0.15, 0.2) is 0 Å². The fraction of sp³-hybridized carbons (Fsp3) is 0.259. The van der Waals surface area contributed by atoms with Crippen molar-refractivity contribution in [1.82, 2.24) is 9.88 Å². The zero-order valence-electron chi connectivity index (χ0n) is 19.8. The molecule has 2 atom stereocenters. The van der Waals surface area contributed by atoms with Gasteiger partial charge in [0.2, 0.25) is 5.91 Å². The molecular weight excluding hydrogens is 500 g/mol. The second kappa shape index (κ2) is 10.5. The number of fused-ring (bicyclic) bond motifs is 1. The Morgan fingerprint density at radius 1 is 1.17 bits per heavy atom. The number of amides is 1. The number of benzene rings is 3. The molecule has 1 aromatic heterocycles. The number of thioether (sulfide) groups is 1. The topological polar surface area (TPSA) is 54.5 Å². The van der Waals surface area contributed by atoms with Gasteiger partial charge in [0.1, 0.15) is 17.4 Å². The fourth-order valence-corrected chi connectivity index (χ4v) is 6.50. The first kappa shape index (κ1) is 24.7. The third kappa shape index (κ3) is 5.38. The zero-order valence-corrected chi connectivity index (χ0v) is 21.5. The number of likely N-dealkylation sites (tertiary alicyclic amines) is 1. The number of hydrogen-bond acceptors (Lipinski definition) is 6. The molecule has 3 aromatic carbocycles. The summed E-state index contributed by atoms with van der Waals surface area (Å²) in [6, 6.07) is 16.7. The number of rotatable bonds is 7. The zero-order chi connectivity index (χ0) is 25.2. The van der Waals surface area contributed by atoms with Crippen molar-refractivity contribution in [2.75, 3.05) is 19.0 Å². The summed E-state index contributed by atoms with van der Waals surface area (Å²) in [5, 5.41) is 4.04. The van der Waals surface area contributed by atoms with Gasteiger partial charge in [0.25, 0.3) is 0 Å². The molecule has 0 bridgehead atoms. The summed E-state index contributed by atoms with van der Waals surface area (Å²) in [7, 11) is 1.62. The summed E-state index contributed by atoms with van der Waals surface area (Å²) in [5.41, 5.74) is 1.46. The molecule has 0 aliphatic carbocycles. The van der Waals surface area contributed by atoms with E-state index in [1.807, 2.05) is 54.3 Å². The SMILES string of the molecule is COc1ccc(S[C@@H]2C[C@@H](C(=O)Nc3ccc4sc(C)nc4c3)N(Cc3c(F)cccc3F)C2)cc1. The van der Waals surface area contributed by atoms with E-state index in [9.17, 15) is 13.6 Å². The van der Waals surface area contributed by atoms with Crippen molar-refractivity contribution >= 4 is 44.9 Å². The molecule has 5 rings (SSSR count).